The smallest absolute Gasteiger partial charge is 0.242 e. The number of hydrogen-bond acceptors (Lipinski definition) is 4. The van der Waals surface area contributed by atoms with Crippen LogP contribution >= 0.6 is 0 Å². The fourth-order valence-electron chi connectivity index (χ4n) is 1.31. The highest BCUT2D eigenvalue weighted by atomic mass is 16.2. The van der Waals surface area contributed by atoms with Crippen molar-refractivity contribution >= 4 is 17.4 Å². The lowest BCUT2D eigenvalue weighted by Crippen LogP contribution is -2.37. The van der Waals surface area contributed by atoms with Gasteiger partial charge in [0.1, 0.15) is 11.9 Å². The molecule has 1 rings (SSSR count). The van der Waals surface area contributed by atoms with Gasteiger partial charge in [-0.15, -0.1) is 0 Å². The third-order valence-electron chi connectivity index (χ3n) is 2.15. The highest BCUT2D eigenvalue weighted by molar-refractivity contribution is 5.84. The van der Waals surface area contributed by atoms with E-state index in [-0.39, 0.29) is 11.9 Å². The summed E-state index contributed by atoms with van der Waals surface area (Å²) in [6, 6.07) is 1.47. The fourth-order valence-corrected chi connectivity index (χ4v) is 1.31. The van der Waals surface area contributed by atoms with E-state index in [1.54, 1.807) is 13.1 Å². The molecule has 1 unspecified atom stereocenters. The molecule has 0 fully saturated rings. The van der Waals surface area contributed by atoms with Crippen molar-refractivity contribution in [1.29, 1.82) is 0 Å². The first-order valence-electron chi connectivity index (χ1n) is 5.31. The Labute approximate surface area is 95.4 Å². The Bertz CT molecular complexity index is 378. The molecule has 0 aliphatic rings. The second kappa shape index (κ2) is 5.34. The van der Waals surface area contributed by atoms with Gasteiger partial charge >= 0.3 is 0 Å². The number of likely N-dealkylation sites (N-methyl/N-ethyl adjacent to an activating group) is 1. The largest absolute Gasteiger partial charge is 0.396 e. The van der Waals surface area contributed by atoms with Crippen molar-refractivity contribution in [2.45, 2.75) is 26.8 Å². The molecule has 1 amide bonds. The Morgan fingerprint density at radius 1 is 1.62 bits per heavy atom. The molecule has 0 spiro atoms. The first kappa shape index (κ1) is 12.3. The van der Waals surface area contributed by atoms with Gasteiger partial charge in [-0.1, -0.05) is 0 Å². The maximum Gasteiger partial charge on any atom is 0.242 e. The number of aryl methyl sites for hydroxylation is 1. The zero-order valence-electron chi connectivity index (χ0n) is 9.87. The summed E-state index contributed by atoms with van der Waals surface area (Å²) in [4.78, 5) is 15.6. The molecule has 0 bridgehead atoms. The Morgan fingerprint density at radius 2 is 2.31 bits per heavy atom. The molecule has 1 aromatic heterocycles. The van der Waals surface area contributed by atoms with Gasteiger partial charge in [0.25, 0.3) is 0 Å². The summed E-state index contributed by atoms with van der Waals surface area (Å²) >= 11 is 0. The number of anilines is 2. The van der Waals surface area contributed by atoms with Crippen LogP contribution in [0.2, 0.25) is 0 Å². The summed E-state index contributed by atoms with van der Waals surface area (Å²) < 4.78 is 0. The summed E-state index contributed by atoms with van der Waals surface area (Å²) in [5.41, 5.74) is 7.33. The van der Waals surface area contributed by atoms with E-state index in [1.807, 2.05) is 19.9 Å². The lowest BCUT2D eigenvalue weighted by molar-refractivity contribution is -0.121. The first-order valence-corrected chi connectivity index (χ1v) is 5.31. The maximum atomic E-state index is 11.5. The third kappa shape index (κ3) is 3.12. The number of nitrogens with zero attached hydrogens (tertiary/aromatic N) is 1. The van der Waals surface area contributed by atoms with Crippen LogP contribution in [-0.2, 0) is 4.79 Å². The minimum absolute atomic E-state index is 0.0655. The molecule has 1 atom stereocenters. The maximum absolute atomic E-state index is 11.5. The minimum Gasteiger partial charge on any atom is -0.396 e. The van der Waals surface area contributed by atoms with Crippen molar-refractivity contribution < 1.29 is 4.79 Å². The van der Waals surface area contributed by atoms with Crippen LogP contribution in [0.15, 0.2) is 12.3 Å². The predicted octanol–water partition coefficient (Wildman–Crippen LogP) is 0.909. The van der Waals surface area contributed by atoms with E-state index in [1.165, 1.54) is 0 Å². The monoisotopic (exact) mass is 222 g/mol. The van der Waals surface area contributed by atoms with Crippen LogP contribution in [0.1, 0.15) is 19.4 Å². The molecule has 0 aromatic carbocycles. The van der Waals surface area contributed by atoms with E-state index >= 15 is 0 Å². The summed E-state index contributed by atoms with van der Waals surface area (Å²) in [6.07, 6.45) is 1.71. The van der Waals surface area contributed by atoms with Crippen LogP contribution in [0.25, 0.3) is 0 Å². The number of amides is 1. The van der Waals surface area contributed by atoms with E-state index in [0.29, 0.717) is 18.1 Å². The third-order valence-corrected chi connectivity index (χ3v) is 2.15. The van der Waals surface area contributed by atoms with Crippen molar-refractivity contribution in [1.82, 2.24) is 10.3 Å². The number of carbonyl (C=O) groups is 1. The Balaban J connectivity index is 2.69. The van der Waals surface area contributed by atoms with Gasteiger partial charge in [0.2, 0.25) is 5.91 Å². The summed E-state index contributed by atoms with van der Waals surface area (Å²) in [5.74, 6) is 0.480. The molecule has 0 saturated carbocycles. The van der Waals surface area contributed by atoms with Crippen molar-refractivity contribution in [3.63, 3.8) is 0 Å². The average Bonchev–Trinajstić information content (AvgIpc) is 2.22. The number of aromatic nitrogens is 1. The number of pyridine rings is 1. The molecule has 5 nitrogen and oxygen atoms in total. The van der Waals surface area contributed by atoms with E-state index in [0.717, 1.165) is 5.56 Å². The normalized spacial score (nSPS) is 11.9. The van der Waals surface area contributed by atoms with Crippen molar-refractivity contribution in [2.75, 3.05) is 17.6 Å². The van der Waals surface area contributed by atoms with Crippen molar-refractivity contribution in [3.8, 4) is 0 Å². The van der Waals surface area contributed by atoms with Crippen LogP contribution < -0.4 is 16.4 Å². The van der Waals surface area contributed by atoms with E-state index < -0.39 is 0 Å². The zero-order chi connectivity index (χ0) is 12.1. The summed E-state index contributed by atoms with van der Waals surface area (Å²) in [6.45, 7) is 6.18. The Hall–Kier alpha value is -1.78. The highest BCUT2D eigenvalue weighted by Crippen LogP contribution is 2.16. The van der Waals surface area contributed by atoms with Crippen LogP contribution in [-0.4, -0.2) is 23.5 Å². The van der Waals surface area contributed by atoms with Gasteiger partial charge < -0.3 is 16.4 Å². The Morgan fingerprint density at radius 3 is 2.88 bits per heavy atom. The van der Waals surface area contributed by atoms with Crippen molar-refractivity contribution in [2.24, 2.45) is 0 Å². The van der Waals surface area contributed by atoms with Crippen LogP contribution in [0, 0.1) is 6.92 Å². The molecule has 4 N–H and O–H groups in total. The van der Waals surface area contributed by atoms with Gasteiger partial charge in [-0.2, -0.15) is 0 Å². The molecule has 5 heteroatoms. The molecule has 16 heavy (non-hydrogen) atoms. The van der Waals surface area contributed by atoms with E-state index in [4.69, 9.17) is 5.73 Å². The average molecular weight is 222 g/mol. The van der Waals surface area contributed by atoms with Gasteiger partial charge in [-0.3, -0.25) is 4.79 Å². The van der Waals surface area contributed by atoms with Gasteiger partial charge in [0.05, 0.1) is 5.69 Å². The number of carbonyl (C=O) groups excluding carboxylic acids is 1. The molecule has 0 saturated heterocycles. The highest BCUT2D eigenvalue weighted by Gasteiger charge is 2.13. The number of rotatable bonds is 4. The number of hydrogen-bond donors (Lipinski definition) is 3. The first-order chi connectivity index (χ1) is 7.54. The molecule has 0 radical (unpaired) electrons. The molecule has 0 aliphatic heterocycles. The second-order valence-electron chi connectivity index (χ2n) is 3.71. The molecule has 88 valence electrons. The van der Waals surface area contributed by atoms with Gasteiger partial charge in [-0.25, -0.2) is 4.98 Å². The standard InChI is InChI=1S/C11H18N4O/c1-4-13-11(16)8(3)15-10-9(12)5-7(2)6-14-10/h5-6,8H,4,12H2,1-3H3,(H,13,16)(H,14,15). The van der Waals surface area contributed by atoms with Gasteiger partial charge in [-0.05, 0) is 32.4 Å². The quantitative estimate of drug-likeness (QED) is 0.707. The fraction of sp³-hybridized carbons (Fsp3) is 0.455. The van der Waals surface area contributed by atoms with Gasteiger partial charge in [0, 0.05) is 12.7 Å². The summed E-state index contributed by atoms with van der Waals surface area (Å²) in [7, 11) is 0. The molecule has 1 heterocycles. The van der Waals surface area contributed by atoms with Crippen LogP contribution in [0.5, 0.6) is 0 Å². The van der Waals surface area contributed by atoms with E-state index in [2.05, 4.69) is 15.6 Å². The SMILES string of the molecule is CCNC(=O)C(C)Nc1ncc(C)cc1N. The molecule has 0 aliphatic carbocycles. The van der Waals surface area contributed by atoms with Gasteiger partial charge in [0.15, 0.2) is 0 Å². The van der Waals surface area contributed by atoms with E-state index in [9.17, 15) is 4.79 Å². The number of nitrogen functional groups attached to an aromatic ring is 1. The minimum atomic E-state index is -0.350. The molecule has 1 aromatic rings. The zero-order valence-corrected chi connectivity index (χ0v) is 9.87. The topological polar surface area (TPSA) is 80.0 Å². The predicted molar refractivity (Wildman–Crippen MR) is 65.2 cm³/mol. The number of nitrogens with one attached hydrogen (secondary N) is 2. The van der Waals surface area contributed by atoms with Crippen LogP contribution in [0.4, 0.5) is 11.5 Å². The lowest BCUT2D eigenvalue weighted by Gasteiger charge is -2.15. The Kier molecular flexibility index (Phi) is 4.10. The summed E-state index contributed by atoms with van der Waals surface area (Å²) in [5, 5.41) is 5.70. The lowest BCUT2D eigenvalue weighted by atomic mass is 10.2. The molecular formula is C11H18N4O. The second-order valence-corrected chi connectivity index (χ2v) is 3.71. The number of nitrogens with two attached hydrogens (primary N) is 1. The molecular weight excluding hydrogens is 204 g/mol. The van der Waals surface area contributed by atoms with Crippen molar-refractivity contribution in [3.05, 3.63) is 17.8 Å². The van der Waals surface area contributed by atoms with Crippen LogP contribution in [0.3, 0.4) is 0 Å².